The average molecular weight is 281 g/mol. The molecule has 1 spiro atoms. The lowest BCUT2D eigenvalue weighted by Gasteiger charge is -2.25. The summed E-state index contributed by atoms with van der Waals surface area (Å²) in [6, 6.07) is 7.12. The monoisotopic (exact) mass is 281 g/mol. The molecule has 1 aromatic carbocycles. The van der Waals surface area contributed by atoms with Gasteiger partial charge in [0, 0.05) is 12.0 Å². The minimum atomic E-state index is -0.459. The maximum Gasteiger partial charge on any atom is 0.240 e. The molecular formula is C18H19NO2. The van der Waals surface area contributed by atoms with Crippen molar-refractivity contribution in [1.29, 1.82) is 0 Å². The highest BCUT2D eigenvalue weighted by atomic mass is 16.2. The summed E-state index contributed by atoms with van der Waals surface area (Å²) in [6.45, 7) is 0. The molecule has 3 nitrogen and oxygen atoms in total. The van der Waals surface area contributed by atoms with Crippen molar-refractivity contribution in [2.75, 3.05) is 4.90 Å². The molecular weight excluding hydrogens is 262 g/mol. The maximum atomic E-state index is 12.9. The van der Waals surface area contributed by atoms with E-state index in [1.165, 1.54) is 4.90 Å². The maximum absolute atomic E-state index is 12.9. The molecule has 1 aromatic rings. The van der Waals surface area contributed by atoms with E-state index in [0.717, 1.165) is 38.5 Å². The van der Waals surface area contributed by atoms with E-state index in [1.807, 2.05) is 0 Å². The van der Waals surface area contributed by atoms with Gasteiger partial charge in [0.25, 0.3) is 0 Å². The van der Waals surface area contributed by atoms with Gasteiger partial charge in [-0.15, -0.1) is 6.42 Å². The average Bonchev–Trinajstić information content (AvgIpc) is 2.66. The van der Waals surface area contributed by atoms with Crippen LogP contribution in [0.4, 0.5) is 5.69 Å². The number of hydrogen-bond acceptors (Lipinski definition) is 2. The van der Waals surface area contributed by atoms with Crippen LogP contribution in [-0.4, -0.2) is 11.8 Å². The number of imide groups is 1. The van der Waals surface area contributed by atoms with Crippen LogP contribution in [0.1, 0.15) is 50.5 Å². The minimum absolute atomic E-state index is 0.0245. The second-order valence-electron chi connectivity index (χ2n) is 6.10. The number of benzene rings is 1. The Morgan fingerprint density at radius 2 is 1.81 bits per heavy atom. The summed E-state index contributed by atoms with van der Waals surface area (Å²) in [5.41, 5.74) is 0.844. The van der Waals surface area contributed by atoms with Gasteiger partial charge in [0.15, 0.2) is 0 Å². The molecule has 2 fully saturated rings. The first-order chi connectivity index (χ1) is 10.2. The molecule has 21 heavy (non-hydrogen) atoms. The van der Waals surface area contributed by atoms with Crippen LogP contribution < -0.4 is 4.90 Å². The van der Waals surface area contributed by atoms with Crippen LogP contribution >= 0.6 is 0 Å². The normalized spacial score (nSPS) is 21.4. The summed E-state index contributed by atoms with van der Waals surface area (Å²) in [5.74, 6) is 2.44. The first-order valence-electron chi connectivity index (χ1n) is 7.60. The molecule has 1 heterocycles. The molecule has 3 heteroatoms. The van der Waals surface area contributed by atoms with Crippen LogP contribution in [0.15, 0.2) is 24.3 Å². The lowest BCUT2D eigenvalue weighted by atomic mass is 9.79. The van der Waals surface area contributed by atoms with Crippen molar-refractivity contribution >= 4 is 17.5 Å². The Morgan fingerprint density at radius 3 is 2.48 bits per heavy atom. The van der Waals surface area contributed by atoms with Gasteiger partial charge in [-0.25, -0.2) is 0 Å². The lowest BCUT2D eigenvalue weighted by molar-refractivity contribution is -0.126. The standard InChI is InChI=1S/C18H19NO2/c1-2-14-8-7-9-15(12-14)19-16(20)13-18(17(19)21)10-5-3-4-6-11-18/h1,7-9,12H,3-6,10-11,13H2. The van der Waals surface area contributed by atoms with Crippen molar-refractivity contribution < 1.29 is 9.59 Å². The van der Waals surface area contributed by atoms with E-state index in [0.29, 0.717) is 17.7 Å². The molecule has 0 N–H and O–H groups in total. The molecule has 1 saturated heterocycles. The van der Waals surface area contributed by atoms with Crippen LogP contribution in [0.3, 0.4) is 0 Å². The summed E-state index contributed by atoms with van der Waals surface area (Å²) >= 11 is 0. The third-order valence-corrected chi connectivity index (χ3v) is 4.73. The summed E-state index contributed by atoms with van der Waals surface area (Å²) in [6.07, 6.45) is 11.8. The van der Waals surface area contributed by atoms with Gasteiger partial charge in [-0.2, -0.15) is 0 Å². The Hall–Kier alpha value is -2.08. The highest BCUT2D eigenvalue weighted by Gasteiger charge is 2.51. The van der Waals surface area contributed by atoms with Gasteiger partial charge < -0.3 is 0 Å². The summed E-state index contributed by atoms with van der Waals surface area (Å²) in [7, 11) is 0. The Morgan fingerprint density at radius 1 is 1.10 bits per heavy atom. The smallest absolute Gasteiger partial charge is 0.240 e. The summed E-state index contributed by atoms with van der Waals surface area (Å²) in [5, 5.41) is 0. The molecule has 2 amide bonds. The molecule has 0 radical (unpaired) electrons. The topological polar surface area (TPSA) is 37.4 Å². The van der Waals surface area contributed by atoms with Gasteiger partial charge in [-0.1, -0.05) is 37.7 Å². The molecule has 108 valence electrons. The number of hydrogen-bond donors (Lipinski definition) is 0. The van der Waals surface area contributed by atoms with Gasteiger partial charge in [0.05, 0.1) is 11.1 Å². The second kappa shape index (κ2) is 5.37. The predicted octanol–water partition coefficient (Wildman–Crippen LogP) is 3.27. The van der Waals surface area contributed by atoms with E-state index in [9.17, 15) is 9.59 Å². The molecule has 0 aromatic heterocycles. The fourth-order valence-corrected chi connectivity index (χ4v) is 3.59. The molecule has 1 saturated carbocycles. The van der Waals surface area contributed by atoms with E-state index in [2.05, 4.69) is 5.92 Å². The molecule has 3 rings (SSSR count). The quantitative estimate of drug-likeness (QED) is 0.585. The zero-order chi connectivity index (χ0) is 14.9. The molecule has 0 unspecified atom stereocenters. The SMILES string of the molecule is C#Cc1cccc(N2C(=O)CC3(CCCCCC3)C2=O)c1. The first-order valence-corrected chi connectivity index (χ1v) is 7.60. The van der Waals surface area contributed by atoms with Gasteiger partial charge in [0.2, 0.25) is 11.8 Å². The van der Waals surface area contributed by atoms with Crippen molar-refractivity contribution in [3.8, 4) is 12.3 Å². The van der Waals surface area contributed by atoms with Crippen LogP contribution in [0.2, 0.25) is 0 Å². The molecule has 1 aliphatic carbocycles. The third-order valence-electron chi connectivity index (χ3n) is 4.73. The van der Waals surface area contributed by atoms with Crippen LogP contribution in [-0.2, 0) is 9.59 Å². The molecule has 1 aliphatic heterocycles. The Bertz CT molecular complexity index is 618. The third kappa shape index (κ3) is 2.35. The number of amides is 2. The van der Waals surface area contributed by atoms with Crippen molar-refractivity contribution in [2.24, 2.45) is 5.41 Å². The number of nitrogens with zero attached hydrogens (tertiary/aromatic N) is 1. The van der Waals surface area contributed by atoms with E-state index in [4.69, 9.17) is 6.42 Å². The highest BCUT2D eigenvalue weighted by Crippen LogP contribution is 2.45. The van der Waals surface area contributed by atoms with Gasteiger partial charge in [-0.05, 0) is 31.0 Å². The number of terminal acetylenes is 1. The lowest BCUT2D eigenvalue weighted by Crippen LogP contribution is -2.35. The van der Waals surface area contributed by atoms with Crippen molar-refractivity contribution in [3.63, 3.8) is 0 Å². The zero-order valence-electron chi connectivity index (χ0n) is 12.1. The number of anilines is 1. The predicted molar refractivity (Wildman–Crippen MR) is 81.6 cm³/mol. The highest BCUT2D eigenvalue weighted by molar-refractivity contribution is 6.22. The Kier molecular flexibility index (Phi) is 3.55. The van der Waals surface area contributed by atoms with Crippen molar-refractivity contribution in [3.05, 3.63) is 29.8 Å². The van der Waals surface area contributed by atoms with Crippen LogP contribution in [0.25, 0.3) is 0 Å². The number of rotatable bonds is 1. The molecule has 0 bridgehead atoms. The number of carbonyl (C=O) groups excluding carboxylic acids is 2. The number of carbonyl (C=O) groups is 2. The molecule has 0 atom stereocenters. The summed E-state index contributed by atoms with van der Waals surface area (Å²) in [4.78, 5) is 26.7. The Balaban J connectivity index is 1.95. The Labute approximate surface area is 125 Å². The second-order valence-corrected chi connectivity index (χ2v) is 6.10. The van der Waals surface area contributed by atoms with Gasteiger partial charge >= 0.3 is 0 Å². The van der Waals surface area contributed by atoms with Crippen LogP contribution in [0, 0.1) is 17.8 Å². The zero-order valence-corrected chi connectivity index (χ0v) is 12.1. The van der Waals surface area contributed by atoms with Crippen molar-refractivity contribution in [1.82, 2.24) is 0 Å². The van der Waals surface area contributed by atoms with Crippen molar-refractivity contribution in [2.45, 2.75) is 44.9 Å². The largest absolute Gasteiger partial charge is 0.274 e. The van der Waals surface area contributed by atoms with E-state index in [-0.39, 0.29) is 11.8 Å². The minimum Gasteiger partial charge on any atom is -0.274 e. The molecule has 2 aliphatic rings. The summed E-state index contributed by atoms with van der Waals surface area (Å²) < 4.78 is 0. The van der Waals surface area contributed by atoms with Gasteiger partial charge in [0.1, 0.15) is 0 Å². The van der Waals surface area contributed by atoms with Crippen LogP contribution in [0.5, 0.6) is 0 Å². The van der Waals surface area contributed by atoms with E-state index >= 15 is 0 Å². The first kappa shape index (κ1) is 13.9. The fraction of sp³-hybridized carbons (Fsp3) is 0.444. The van der Waals surface area contributed by atoms with E-state index in [1.54, 1.807) is 24.3 Å². The van der Waals surface area contributed by atoms with E-state index < -0.39 is 5.41 Å². The van der Waals surface area contributed by atoms with Gasteiger partial charge in [-0.3, -0.25) is 14.5 Å². The fourth-order valence-electron chi connectivity index (χ4n) is 3.59.